The van der Waals surface area contributed by atoms with Crippen molar-refractivity contribution in [2.45, 2.75) is 26.3 Å². The van der Waals surface area contributed by atoms with Gasteiger partial charge in [0.15, 0.2) is 5.82 Å². The molecular formula is C15H18ClN3O. The third-order valence-corrected chi connectivity index (χ3v) is 3.21. The Bertz CT molecular complexity index is 620. The van der Waals surface area contributed by atoms with E-state index >= 15 is 0 Å². The summed E-state index contributed by atoms with van der Waals surface area (Å²) in [6.45, 7) is 3.93. The number of nitrogens with one attached hydrogen (secondary N) is 1. The Labute approximate surface area is 123 Å². The van der Waals surface area contributed by atoms with E-state index in [1.807, 2.05) is 38.1 Å². The summed E-state index contributed by atoms with van der Waals surface area (Å²) in [4.78, 5) is 16.3. The minimum absolute atomic E-state index is 0.108. The highest BCUT2D eigenvalue weighted by atomic mass is 35.5. The second-order valence-electron chi connectivity index (χ2n) is 4.84. The Morgan fingerprint density at radius 1 is 1.30 bits per heavy atom. The summed E-state index contributed by atoms with van der Waals surface area (Å²) < 4.78 is 1.65. The maximum absolute atomic E-state index is 12.2. The lowest BCUT2D eigenvalue weighted by Gasteiger charge is -2.11. The summed E-state index contributed by atoms with van der Waals surface area (Å²) in [7, 11) is 0. The Morgan fingerprint density at radius 3 is 2.60 bits per heavy atom. The van der Waals surface area contributed by atoms with Crippen LogP contribution < -0.4 is 10.9 Å². The Morgan fingerprint density at radius 2 is 2.00 bits per heavy atom. The third kappa shape index (κ3) is 3.39. The van der Waals surface area contributed by atoms with Crippen molar-refractivity contribution in [1.29, 1.82) is 0 Å². The lowest BCUT2D eigenvalue weighted by atomic mass is 10.1. The number of hydrogen-bond donors (Lipinski definition) is 1. The van der Waals surface area contributed by atoms with Gasteiger partial charge in [-0.2, -0.15) is 0 Å². The monoisotopic (exact) mass is 291 g/mol. The zero-order valence-corrected chi connectivity index (χ0v) is 12.4. The molecule has 0 bridgehead atoms. The molecule has 0 unspecified atom stereocenters. The molecule has 1 aromatic heterocycles. The van der Waals surface area contributed by atoms with Gasteiger partial charge in [-0.25, -0.2) is 4.98 Å². The molecule has 0 aliphatic rings. The van der Waals surface area contributed by atoms with Crippen molar-refractivity contribution >= 4 is 23.1 Å². The Kier molecular flexibility index (Phi) is 4.79. The Balaban J connectivity index is 2.22. The van der Waals surface area contributed by atoms with E-state index in [0.717, 1.165) is 12.1 Å². The van der Waals surface area contributed by atoms with Crippen LogP contribution in [0, 0.1) is 0 Å². The van der Waals surface area contributed by atoms with Gasteiger partial charge in [-0.15, -0.1) is 11.6 Å². The summed E-state index contributed by atoms with van der Waals surface area (Å²) in [6, 6.07) is 7.95. The van der Waals surface area contributed by atoms with Crippen LogP contribution in [0.3, 0.4) is 0 Å². The smallest absolute Gasteiger partial charge is 0.293 e. The number of halogens is 1. The van der Waals surface area contributed by atoms with Crippen LogP contribution in [0.1, 0.15) is 25.5 Å². The van der Waals surface area contributed by atoms with Gasteiger partial charge in [0, 0.05) is 30.0 Å². The van der Waals surface area contributed by atoms with Crippen molar-refractivity contribution in [3.63, 3.8) is 0 Å². The lowest BCUT2D eigenvalue weighted by Crippen LogP contribution is -2.24. The molecule has 1 aromatic carbocycles. The number of aryl methyl sites for hydroxylation is 1. The molecule has 0 atom stereocenters. The van der Waals surface area contributed by atoms with Gasteiger partial charge in [0.2, 0.25) is 0 Å². The number of rotatable bonds is 5. The minimum Gasteiger partial charge on any atom is -0.336 e. The third-order valence-electron chi connectivity index (χ3n) is 3.02. The van der Waals surface area contributed by atoms with Crippen LogP contribution in [-0.2, 0) is 6.42 Å². The van der Waals surface area contributed by atoms with Crippen LogP contribution >= 0.6 is 11.6 Å². The molecule has 2 aromatic rings. The molecule has 0 saturated carbocycles. The number of nitrogens with zero attached hydrogens (tertiary/aromatic N) is 2. The summed E-state index contributed by atoms with van der Waals surface area (Å²) in [5.74, 6) is 0.942. The minimum atomic E-state index is -0.118. The quantitative estimate of drug-likeness (QED) is 0.859. The van der Waals surface area contributed by atoms with E-state index in [0.29, 0.717) is 11.7 Å². The molecule has 0 spiro atoms. The first-order valence-electron chi connectivity index (χ1n) is 6.61. The van der Waals surface area contributed by atoms with Crippen molar-refractivity contribution in [3.8, 4) is 0 Å². The highest BCUT2D eigenvalue weighted by molar-refractivity contribution is 6.17. The van der Waals surface area contributed by atoms with Crippen LogP contribution in [0.5, 0.6) is 0 Å². The zero-order valence-electron chi connectivity index (χ0n) is 11.6. The molecule has 1 N–H and O–H groups in total. The van der Waals surface area contributed by atoms with Crippen molar-refractivity contribution in [2.24, 2.45) is 0 Å². The molecule has 5 heteroatoms. The summed E-state index contributed by atoms with van der Waals surface area (Å²) in [5.41, 5.74) is 1.90. The van der Waals surface area contributed by atoms with Gasteiger partial charge in [-0.05, 0) is 38.0 Å². The number of benzene rings is 1. The maximum Gasteiger partial charge on any atom is 0.293 e. The summed E-state index contributed by atoms with van der Waals surface area (Å²) in [6.07, 6.45) is 4.17. The predicted octanol–water partition coefficient (Wildman–Crippen LogP) is 3.35. The first kappa shape index (κ1) is 14.6. The fourth-order valence-electron chi connectivity index (χ4n) is 1.92. The standard InChI is InChI=1S/C15H18ClN3O/c1-11(2)19-10-9-17-14(15(19)20)18-13-5-3-12(4-6-13)7-8-16/h3-6,9-11H,7-8H2,1-2H3,(H,17,18). The van der Waals surface area contributed by atoms with Crippen LogP contribution in [0.2, 0.25) is 0 Å². The maximum atomic E-state index is 12.2. The molecular weight excluding hydrogens is 274 g/mol. The fourth-order valence-corrected chi connectivity index (χ4v) is 2.14. The summed E-state index contributed by atoms with van der Waals surface area (Å²) >= 11 is 5.70. The first-order valence-corrected chi connectivity index (χ1v) is 7.14. The molecule has 0 fully saturated rings. The van der Waals surface area contributed by atoms with Crippen LogP contribution in [0.25, 0.3) is 0 Å². The Hall–Kier alpha value is -1.81. The van der Waals surface area contributed by atoms with Gasteiger partial charge >= 0.3 is 0 Å². The molecule has 20 heavy (non-hydrogen) atoms. The van der Waals surface area contributed by atoms with E-state index < -0.39 is 0 Å². The van der Waals surface area contributed by atoms with Crippen molar-refractivity contribution in [2.75, 3.05) is 11.2 Å². The van der Waals surface area contributed by atoms with E-state index in [4.69, 9.17) is 11.6 Å². The number of alkyl halides is 1. The molecule has 0 aliphatic heterocycles. The SMILES string of the molecule is CC(C)n1ccnc(Nc2ccc(CCCl)cc2)c1=O. The molecule has 0 saturated heterocycles. The van der Waals surface area contributed by atoms with Gasteiger partial charge < -0.3 is 9.88 Å². The van der Waals surface area contributed by atoms with Gasteiger partial charge in [-0.1, -0.05) is 12.1 Å². The predicted molar refractivity (Wildman–Crippen MR) is 83.0 cm³/mol. The zero-order chi connectivity index (χ0) is 14.5. The molecule has 1 heterocycles. The number of aromatic nitrogens is 2. The largest absolute Gasteiger partial charge is 0.336 e. The van der Waals surface area contributed by atoms with E-state index in [-0.39, 0.29) is 11.6 Å². The second kappa shape index (κ2) is 6.57. The molecule has 0 radical (unpaired) electrons. The van der Waals surface area contributed by atoms with Crippen LogP contribution in [-0.4, -0.2) is 15.4 Å². The van der Waals surface area contributed by atoms with Crippen LogP contribution in [0.4, 0.5) is 11.5 Å². The number of hydrogen-bond acceptors (Lipinski definition) is 3. The average molecular weight is 292 g/mol. The topological polar surface area (TPSA) is 46.9 Å². The van der Waals surface area contributed by atoms with Crippen LogP contribution in [0.15, 0.2) is 41.5 Å². The van der Waals surface area contributed by atoms with E-state index in [9.17, 15) is 4.79 Å². The second-order valence-corrected chi connectivity index (χ2v) is 5.22. The van der Waals surface area contributed by atoms with Gasteiger partial charge in [0.25, 0.3) is 5.56 Å². The molecule has 2 rings (SSSR count). The first-order chi connectivity index (χ1) is 9.61. The summed E-state index contributed by atoms with van der Waals surface area (Å²) in [5, 5.41) is 3.06. The molecule has 4 nitrogen and oxygen atoms in total. The molecule has 0 amide bonds. The van der Waals surface area contributed by atoms with E-state index in [2.05, 4.69) is 10.3 Å². The fraction of sp³-hybridized carbons (Fsp3) is 0.333. The lowest BCUT2D eigenvalue weighted by molar-refractivity contribution is 0.576. The molecule has 0 aliphatic carbocycles. The van der Waals surface area contributed by atoms with E-state index in [1.54, 1.807) is 17.0 Å². The van der Waals surface area contributed by atoms with Crippen molar-refractivity contribution in [3.05, 3.63) is 52.6 Å². The van der Waals surface area contributed by atoms with Gasteiger partial charge in [0.05, 0.1) is 0 Å². The van der Waals surface area contributed by atoms with Crippen molar-refractivity contribution < 1.29 is 0 Å². The van der Waals surface area contributed by atoms with Gasteiger partial charge in [-0.3, -0.25) is 4.79 Å². The number of anilines is 2. The van der Waals surface area contributed by atoms with Gasteiger partial charge in [0.1, 0.15) is 0 Å². The van der Waals surface area contributed by atoms with E-state index in [1.165, 1.54) is 5.56 Å². The van der Waals surface area contributed by atoms with Crippen molar-refractivity contribution in [1.82, 2.24) is 9.55 Å². The average Bonchev–Trinajstić information content (AvgIpc) is 2.43. The normalized spacial score (nSPS) is 10.8. The highest BCUT2D eigenvalue weighted by Gasteiger charge is 2.07. The molecule has 106 valence electrons. The highest BCUT2D eigenvalue weighted by Crippen LogP contribution is 2.14.